The van der Waals surface area contributed by atoms with Crippen LogP contribution < -0.4 is 5.73 Å². The van der Waals surface area contributed by atoms with Crippen molar-refractivity contribution in [1.29, 1.82) is 0 Å². The van der Waals surface area contributed by atoms with Crippen molar-refractivity contribution in [2.75, 3.05) is 13.7 Å². The van der Waals surface area contributed by atoms with Gasteiger partial charge in [0.15, 0.2) is 12.2 Å². The molecule has 210 valence electrons. The predicted octanol–water partition coefficient (Wildman–Crippen LogP) is 0.547. The van der Waals surface area contributed by atoms with Crippen molar-refractivity contribution in [3.8, 4) is 0 Å². The van der Waals surface area contributed by atoms with Crippen LogP contribution in [-0.4, -0.2) is 79.8 Å². The Morgan fingerprint density at radius 1 is 0.974 bits per heavy atom. The Balaban J connectivity index is 2.57. The molecule has 1 aromatic rings. The van der Waals surface area contributed by atoms with E-state index in [0.717, 1.165) is 34.8 Å². The fraction of sp³-hybridized carbons (Fsp3) is 0.560. The van der Waals surface area contributed by atoms with E-state index >= 15 is 0 Å². The lowest BCUT2D eigenvalue weighted by Crippen LogP contribution is -2.68. The quantitative estimate of drug-likeness (QED) is 0.305. The summed E-state index contributed by atoms with van der Waals surface area (Å²) in [5.74, 6) is -6.19. The molecular formula is C25H33NO12. The van der Waals surface area contributed by atoms with Crippen LogP contribution in [0, 0.1) is 0 Å². The van der Waals surface area contributed by atoms with Gasteiger partial charge < -0.3 is 38.9 Å². The van der Waals surface area contributed by atoms with Crippen LogP contribution in [0.5, 0.6) is 0 Å². The molecule has 38 heavy (non-hydrogen) atoms. The van der Waals surface area contributed by atoms with Crippen LogP contribution in [0.4, 0.5) is 0 Å². The van der Waals surface area contributed by atoms with Gasteiger partial charge in [0, 0.05) is 27.7 Å². The second-order valence-corrected chi connectivity index (χ2v) is 8.56. The van der Waals surface area contributed by atoms with Gasteiger partial charge in [0.25, 0.3) is 5.79 Å². The number of hydrogen-bond donors (Lipinski definition) is 1. The van der Waals surface area contributed by atoms with E-state index in [2.05, 4.69) is 0 Å². The summed E-state index contributed by atoms with van der Waals surface area (Å²) < 4.78 is 38.0. The molecule has 0 unspecified atom stereocenters. The monoisotopic (exact) mass is 539 g/mol. The molecule has 0 spiro atoms. The third-order valence-corrected chi connectivity index (χ3v) is 5.49. The van der Waals surface area contributed by atoms with Gasteiger partial charge in [0.2, 0.25) is 0 Å². The van der Waals surface area contributed by atoms with Crippen LogP contribution in [0.2, 0.25) is 0 Å². The average Bonchev–Trinajstić information content (AvgIpc) is 2.85. The molecule has 6 atom stereocenters. The number of ether oxygens (including phenoxy) is 7. The van der Waals surface area contributed by atoms with E-state index in [0.29, 0.717) is 5.56 Å². The van der Waals surface area contributed by atoms with Crippen LogP contribution in [-0.2, 0) is 63.7 Å². The molecule has 13 nitrogen and oxygen atoms in total. The van der Waals surface area contributed by atoms with E-state index in [1.54, 1.807) is 30.3 Å². The highest BCUT2D eigenvalue weighted by atomic mass is 16.7. The van der Waals surface area contributed by atoms with Crippen molar-refractivity contribution in [1.82, 2.24) is 0 Å². The summed E-state index contributed by atoms with van der Waals surface area (Å²) in [5, 5.41) is 0. The number of benzene rings is 1. The fourth-order valence-electron chi connectivity index (χ4n) is 3.95. The van der Waals surface area contributed by atoms with Gasteiger partial charge in [-0.2, -0.15) is 0 Å². The molecule has 1 heterocycles. The number of carbonyl (C=O) groups excluding carboxylic acids is 5. The molecule has 2 rings (SSSR count). The van der Waals surface area contributed by atoms with Gasteiger partial charge >= 0.3 is 29.8 Å². The molecule has 13 heteroatoms. The van der Waals surface area contributed by atoms with E-state index in [1.165, 1.54) is 0 Å². The standard InChI is InChI=1S/C25H33NO12/c1-14(27)33-13-20(36-16(3)29)22(37-17(4)30)23-21(26)19(35-15(2)28)11-25(38-23,24(31)32-5)34-12-18-9-7-6-8-10-18/h6-10,19-23H,11-13,26H2,1-5H3/t19-,20+,21+,22+,23+,25+/m0/s1. The zero-order valence-electron chi connectivity index (χ0n) is 21.9. The van der Waals surface area contributed by atoms with Gasteiger partial charge in [-0.05, 0) is 5.56 Å². The largest absolute Gasteiger partial charge is 0.465 e. The molecule has 0 amide bonds. The molecule has 1 aliphatic rings. The Hall–Kier alpha value is -3.55. The predicted molar refractivity (Wildman–Crippen MR) is 127 cm³/mol. The third-order valence-electron chi connectivity index (χ3n) is 5.49. The molecule has 0 bridgehead atoms. The molecule has 1 saturated heterocycles. The number of rotatable bonds is 11. The van der Waals surface area contributed by atoms with Crippen molar-refractivity contribution in [2.24, 2.45) is 5.73 Å². The molecule has 1 fully saturated rings. The van der Waals surface area contributed by atoms with Gasteiger partial charge in [-0.3, -0.25) is 19.2 Å². The maximum absolute atomic E-state index is 13.1. The molecule has 2 N–H and O–H groups in total. The molecule has 0 aliphatic carbocycles. The first-order chi connectivity index (χ1) is 17.9. The first kappa shape index (κ1) is 30.7. The summed E-state index contributed by atoms with van der Waals surface area (Å²) in [6.07, 6.45) is -5.94. The van der Waals surface area contributed by atoms with Gasteiger partial charge in [-0.15, -0.1) is 0 Å². The van der Waals surface area contributed by atoms with Crippen molar-refractivity contribution < 1.29 is 57.1 Å². The molecule has 0 aromatic heterocycles. The lowest BCUT2D eigenvalue weighted by molar-refractivity contribution is -0.315. The fourth-order valence-corrected chi connectivity index (χ4v) is 3.95. The van der Waals surface area contributed by atoms with Crippen molar-refractivity contribution in [3.05, 3.63) is 35.9 Å². The Bertz CT molecular complexity index is 999. The smallest absolute Gasteiger partial charge is 0.366 e. The number of carbonyl (C=O) groups is 5. The minimum Gasteiger partial charge on any atom is -0.465 e. The van der Waals surface area contributed by atoms with E-state index in [1.807, 2.05) is 0 Å². The Morgan fingerprint density at radius 2 is 1.61 bits per heavy atom. The summed E-state index contributed by atoms with van der Waals surface area (Å²) in [5.41, 5.74) is 7.07. The second kappa shape index (κ2) is 13.8. The zero-order chi connectivity index (χ0) is 28.5. The summed E-state index contributed by atoms with van der Waals surface area (Å²) >= 11 is 0. The van der Waals surface area contributed by atoms with E-state index in [-0.39, 0.29) is 13.0 Å². The van der Waals surface area contributed by atoms with Crippen molar-refractivity contribution >= 4 is 29.8 Å². The average molecular weight is 540 g/mol. The summed E-state index contributed by atoms with van der Waals surface area (Å²) in [7, 11) is 1.11. The minimum atomic E-state index is -2.17. The maximum atomic E-state index is 13.1. The first-order valence-corrected chi connectivity index (χ1v) is 11.7. The van der Waals surface area contributed by atoms with Crippen LogP contribution in [0.3, 0.4) is 0 Å². The lowest BCUT2D eigenvalue weighted by atomic mass is 9.88. The van der Waals surface area contributed by atoms with E-state index in [4.69, 9.17) is 38.9 Å². The highest BCUT2D eigenvalue weighted by Crippen LogP contribution is 2.36. The molecule has 0 radical (unpaired) electrons. The highest BCUT2D eigenvalue weighted by molar-refractivity contribution is 5.78. The summed E-state index contributed by atoms with van der Waals surface area (Å²) in [4.78, 5) is 60.4. The maximum Gasteiger partial charge on any atom is 0.366 e. The van der Waals surface area contributed by atoms with Crippen molar-refractivity contribution in [3.63, 3.8) is 0 Å². The third kappa shape index (κ3) is 8.50. The number of esters is 5. The highest BCUT2D eigenvalue weighted by Gasteiger charge is 2.58. The molecular weight excluding hydrogens is 506 g/mol. The summed E-state index contributed by atoms with van der Waals surface area (Å²) in [6, 6.07) is 7.61. The Labute approximate surface area is 219 Å². The van der Waals surface area contributed by atoms with Crippen LogP contribution >= 0.6 is 0 Å². The first-order valence-electron chi connectivity index (χ1n) is 11.7. The molecule has 1 aromatic carbocycles. The SMILES string of the molecule is COC(=O)[C@@]1(OCc2ccccc2)C[C@H](OC(C)=O)[C@@H](N)[C@H]([C@H](OC(C)=O)[C@@H](COC(C)=O)OC(C)=O)O1. The van der Waals surface area contributed by atoms with E-state index < -0.39 is 72.7 Å². The number of hydrogen-bond acceptors (Lipinski definition) is 13. The van der Waals surface area contributed by atoms with Gasteiger partial charge in [-0.25, -0.2) is 4.79 Å². The van der Waals surface area contributed by atoms with Crippen LogP contribution in [0.1, 0.15) is 39.7 Å². The number of nitrogens with two attached hydrogens (primary N) is 1. The van der Waals surface area contributed by atoms with E-state index in [9.17, 15) is 24.0 Å². The Kier molecular flexibility index (Phi) is 11.2. The van der Waals surface area contributed by atoms with Crippen molar-refractivity contribution in [2.45, 2.75) is 77.0 Å². The minimum absolute atomic E-state index is 0.121. The van der Waals surface area contributed by atoms with Crippen LogP contribution in [0.15, 0.2) is 30.3 Å². The lowest BCUT2D eigenvalue weighted by Gasteiger charge is -2.47. The van der Waals surface area contributed by atoms with Gasteiger partial charge in [0.1, 0.15) is 18.8 Å². The zero-order valence-corrected chi connectivity index (χ0v) is 21.9. The van der Waals surface area contributed by atoms with Crippen LogP contribution in [0.25, 0.3) is 0 Å². The number of methoxy groups -OCH3 is 1. The molecule has 1 aliphatic heterocycles. The molecule has 0 saturated carbocycles. The normalized spacial score (nSPS) is 24.3. The second-order valence-electron chi connectivity index (χ2n) is 8.56. The van der Waals surface area contributed by atoms with Gasteiger partial charge in [0.05, 0.1) is 26.2 Å². The van der Waals surface area contributed by atoms with Gasteiger partial charge in [-0.1, -0.05) is 30.3 Å². The Morgan fingerprint density at radius 3 is 2.13 bits per heavy atom. The topological polar surface area (TPSA) is 176 Å². The summed E-state index contributed by atoms with van der Waals surface area (Å²) in [6.45, 7) is 3.80.